The number of rotatable bonds is 7. The normalized spacial score (nSPS) is 11.8. The average Bonchev–Trinajstić information content (AvgIpc) is 2.62. The number of benzene rings is 2. The van der Waals surface area contributed by atoms with Gasteiger partial charge in [-0.05, 0) is 47.2 Å². The maximum atomic E-state index is 12.1. The van der Waals surface area contributed by atoms with E-state index in [1.54, 1.807) is 19.1 Å². The molecular formula is C21H27ClN2O4S. The van der Waals surface area contributed by atoms with Crippen LogP contribution in [0.3, 0.4) is 0 Å². The number of sulfonamides is 1. The number of nitrogens with one attached hydrogen (secondary N) is 2. The van der Waals surface area contributed by atoms with E-state index in [0.29, 0.717) is 22.0 Å². The molecule has 29 heavy (non-hydrogen) atoms. The minimum absolute atomic E-state index is 0.0570. The van der Waals surface area contributed by atoms with Gasteiger partial charge in [0.15, 0.2) is 6.61 Å². The number of amides is 1. The first kappa shape index (κ1) is 23.0. The number of halogens is 1. The molecule has 0 aromatic heterocycles. The highest BCUT2D eigenvalue weighted by atomic mass is 35.5. The number of carbonyl (C=O) groups excluding carboxylic acids is 1. The smallest absolute Gasteiger partial charge is 0.258 e. The van der Waals surface area contributed by atoms with Gasteiger partial charge in [-0.15, -0.1) is 0 Å². The second-order valence-corrected chi connectivity index (χ2v) is 10.1. The maximum Gasteiger partial charge on any atom is 0.258 e. The fourth-order valence-corrected chi connectivity index (χ4v) is 3.50. The number of carbonyl (C=O) groups is 1. The summed E-state index contributed by atoms with van der Waals surface area (Å²) >= 11 is 6.24. The lowest BCUT2D eigenvalue weighted by Gasteiger charge is -2.19. The molecule has 0 saturated carbocycles. The predicted octanol–water partition coefficient (Wildman–Crippen LogP) is 4.01. The van der Waals surface area contributed by atoms with E-state index in [0.717, 1.165) is 11.8 Å². The molecule has 0 bridgehead atoms. The molecular weight excluding hydrogens is 412 g/mol. The number of hydrogen-bond donors (Lipinski definition) is 2. The Kier molecular flexibility index (Phi) is 7.19. The van der Waals surface area contributed by atoms with Gasteiger partial charge in [0, 0.05) is 6.54 Å². The average molecular weight is 439 g/mol. The second kappa shape index (κ2) is 9.05. The molecule has 2 N–H and O–H groups in total. The molecule has 0 aliphatic rings. The lowest BCUT2D eigenvalue weighted by atomic mass is 9.87. The topological polar surface area (TPSA) is 84.5 Å². The number of anilines is 1. The summed E-state index contributed by atoms with van der Waals surface area (Å²) in [5.74, 6) is 0.363. The van der Waals surface area contributed by atoms with Gasteiger partial charge >= 0.3 is 0 Å². The van der Waals surface area contributed by atoms with Crippen molar-refractivity contribution in [3.8, 4) is 5.75 Å². The van der Waals surface area contributed by atoms with Crippen molar-refractivity contribution in [2.75, 3.05) is 17.6 Å². The zero-order valence-corrected chi connectivity index (χ0v) is 18.9. The van der Waals surface area contributed by atoms with E-state index in [1.165, 1.54) is 5.56 Å². The molecule has 0 radical (unpaired) electrons. The molecule has 2 aromatic carbocycles. The third-order valence-corrected chi connectivity index (χ3v) is 5.44. The molecule has 0 aliphatic heterocycles. The molecule has 2 aromatic rings. The summed E-state index contributed by atoms with van der Waals surface area (Å²) in [5.41, 5.74) is 3.04. The lowest BCUT2D eigenvalue weighted by Crippen LogP contribution is -2.28. The molecule has 8 heteroatoms. The van der Waals surface area contributed by atoms with Crippen molar-refractivity contribution in [3.63, 3.8) is 0 Å². The van der Waals surface area contributed by atoms with E-state index >= 15 is 0 Å². The molecule has 6 nitrogen and oxygen atoms in total. The first-order valence-corrected chi connectivity index (χ1v) is 11.4. The van der Waals surface area contributed by atoms with E-state index in [9.17, 15) is 13.2 Å². The maximum absolute atomic E-state index is 12.1. The summed E-state index contributed by atoms with van der Waals surface area (Å²) in [5, 5.41) is 3.08. The van der Waals surface area contributed by atoms with Gasteiger partial charge in [-0.25, -0.2) is 8.42 Å². The summed E-state index contributed by atoms with van der Waals surface area (Å²) in [6, 6.07) is 11.0. The van der Waals surface area contributed by atoms with Crippen LogP contribution in [-0.2, 0) is 26.8 Å². The monoisotopic (exact) mass is 438 g/mol. The van der Waals surface area contributed by atoms with Crippen LogP contribution < -0.4 is 14.8 Å². The van der Waals surface area contributed by atoms with Crippen LogP contribution in [0.4, 0.5) is 5.69 Å². The Balaban J connectivity index is 1.91. The Morgan fingerprint density at radius 3 is 2.28 bits per heavy atom. The van der Waals surface area contributed by atoms with E-state index in [-0.39, 0.29) is 24.5 Å². The van der Waals surface area contributed by atoms with Gasteiger partial charge in [0.1, 0.15) is 5.75 Å². The SMILES string of the molecule is Cc1c(CNC(=O)COc2ccc(C(C)(C)C)cc2)ccc(NS(C)(=O)=O)c1Cl. The highest BCUT2D eigenvalue weighted by molar-refractivity contribution is 7.92. The van der Waals surface area contributed by atoms with Crippen LogP contribution in [0.15, 0.2) is 36.4 Å². The van der Waals surface area contributed by atoms with E-state index in [4.69, 9.17) is 16.3 Å². The van der Waals surface area contributed by atoms with Crippen LogP contribution in [0, 0.1) is 6.92 Å². The van der Waals surface area contributed by atoms with E-state index < -0.39 is 10.0 Å². The summed E-state index contributed by atoms with van der Waals surface area (Å²) in [4.78, 5) is 12.1. The van der Waals surface area contributed by atoms with Crippen LogP contribution in [-0.4, -0.2) is 27.2 Å². The van der Waals surface area contributed by atoms with Gasteiger partial charge in [0.25, 0.3) is 5.91 Å². The minimum Gasteiger partial charge on any atom is -0.484 e. The van der Waals surface area contributed by atoms with Crippen molar-refractivity contribution in [3.05, 3.63) is 58.1 Å². The summed E-state index contributed by atoms with van der Waals surface area (Å²) in [6.07, 6.45) is 1.06. The van der Waals surface area contributed by atoms with Crippen molar-refractivity contribution in [1.29, 1.82) is 0 Å². The number of hydrogen-bond acceptors (Lipinski definition) is 4. The molecule has 0 atom stereocenters. The summed E-state index contributed by atoms with van der Waals surface area (Å²) in [6.45, 7) is 8.33. The van der Waals surface area contributed by atoms with Crippen LogP contribution in [0.25, 0.3) is 0 Å². The zero-order valence-electron chi connectivity index (χ0n) is 17.3. The third-order valence-electron chi connectivity index (χ3n) is 4.36. The van der Waals surface area contributed by atoms with Gasteiger partial charge in [-0.2, -0.15) is 0 Å². The first-order chi connectivity index (χ1) is 13.4. The van der Waals surface area contributed by atoms with Crippen LogP contribution in [0.1, 0.15) is 37.5 Å². The molecule has 0 fully saturated rings. The Morgan fingerprint density at radius 2 is 1.72 bits per heavy atom. The highest BCUT2D eigenvalue weighted by Gasteiger charge is 2.14. The lowest BCUT2D eigenvalue weighted by molar-refractivity contribution is -0.123. The van der Waals surface area contributed by atoms with Gasteiger partial charge in [0.05, 0.1) is 17.0 Å². The van der Waals surface area contributed by atoms with Crippen molar-refractivity contribution >= 4 is 33.2 Å². The van der Waals surface area contributed by atoms with Gasteiger partial charge < -0.3 is 10.1 Å². The highest BCUT2D eigenvalue weighted by Crippen LogP contribution is 2.29. The Morgan fingerprint density at radius 1 is 1.10 bits per heavy atom. The predicted molar refractivity (Wildman–Crippen MR) is 117 cm³/mol. The fourth-order valence-electron chi connectivity index (χ4n) is 2.64. The van der Waals surface area contributed by atoms with Gasteiger partial charge in [0.2, 0.25) is 10.0 Å². The second-order valence-electron chi connectivity index (χ2n) is 7.93. The molecule has 0 heterocycles. The Bertz CT molecular complexity index is 981. The zero-order chi connectivity index (χ0) is 21.8. The fraction of sp³-hybridized carbons (Fsp3) is 0.381. The molecule has 158 valence electrons. The van der Waals surface area contributed by atoms with Gasteiger partial charge in [-0.1, -0.05) is 50.6 Å². The van der Waals surface area contributed by atoms with Crippen LogP contribution >= 0.6 is 11.6 Å². The van der Waals surface area contributed by atoms with Crippen molar-refractivity contribution in [2.45, 2.75) is 39.7 Å². The van der Waals surface area contributed by atoms with Crippen molar-refractivity contribution in [1.82, 2.24) is 5.32 Å². The molecule has 0 unspecified atom stereocenters. The summed E-state index contributed by atoms with van der Waals surface area (Å²) in [7, 11) is -3.42. The van der Waals surface area contributed by atoms with Gasteiger partial charge in [-0.3, -0.25) is 9.52 Å². The van der Waals surface area contributed by atoms with Crippen LogP contribution in [0.5, 0.6) is 5.75 Å². The Labute approximate surface area is 177 Å². The molecule has 1 amide bonds. The van der Waals surface area contributed by atoms with Crippen LogP contribution in [0.2, 0.25) is 5.02 Å². The third kappa shape index (κ3) is 6.94. The Hall–Kier alpha value is -2.25. The quantitative estimate of drug-likeness (QED) is 0.683. The largest absolute Gasteiger partial charge is 0.484 e. The number of ether oxygens (including phenoxy) is 1. The van der Waals surface area contributed by atoms with Crippen molar-refractivity contribution in [2.24, 2.45) is 0 Å². The summed E-state index contributed by atoms with van der Waals surface area (Å²) < 4.78 is 30.7. The minimum atomic E-state index is -3.42. The molecule has 0 saturated heterocycles. The molecule has 0 aliphatic carbocycles. The van der Waals surface area contributed by atoms with Crippen molar-refractivity contribution < 1.29 is 17.9 Å². The molecule has 0 spiro atoms. The molecule has 2 rings (SSSR count). The first-order valence-electron chi connectivity index (χ1n) is 9.12. The van der Waals surface area contributed by atoms with E-state index in [1.807, 2.05) is 24.3 Å². The standard InChI is InChI=1S/C21H27ClN2O4S/c1-14-15(6-11-18(20(14)22)24-29(5,26)27)12-23-19(25)13-28-17-9-7-16(8-10-17)21(2,3)4/h6-11,24H,12-13H2,1-5H3,(H,23,25). The van der Waals surface area contributed by atoms with E-state index in [2.05, 4.69) is 30.8 Å².